The number of morpholine rings is 1. The van der Waals surface area contributed by atoms with E-state index in [0.29, 0.717) is 19.8 Å². The smallest absolute Gasteiger partial charge is 0.279 e. The highest BCUT2D eigenvalue weighted by atomic mass is 16.5. The third-order valence-electron chi connectivity index (χ3n) is 8.62. The van der Waals surface area contributed by atoms with Gasteiger partial charge in [-0.15, -0.1) is 0 Å². The number of anilines is 2. The predicted molar refractivity (Wildman–Crippen MR) is 158 cm³/mol. The molecule has 1 unspecified atom stereocenters. The molecule has 0 radical (unpaired) electrons. The van der Waals surface area contributed by atoms with Gasteiger partial charge in [0, 0.05) is 11.4 Å². The maximum atomic E-state index is 13.3. The highest BCUT2D eigenvalue weighted by Gasteiger charge is 2.34. The Labute approximate surface area is 234 Å². The van der Waals surface area contributed by atoms with Crippen molar-refractivity contribution in [2.45, 2.75) is 65.8 Å². The first-order valence-corrected chi connectivity index (χ1v) is 14.7. The van der Waals surface area contributed by atoms with Crippen LogP contribution in [0.25, 0.3) is 0 Å². The van der Waals surface area contributed by atoms with Gasteiger partial charge in [0.05, 0.1) is 25.8 Å². The van der Waals surface area contributed by atoms with Gasteiger partial charge in [-0.2, -0.15) is 0 Å². The zero-order valence-corrected chi connectivity index (χ0v) is 24.4. The van der Waals surface area contributed by atoms with Crippen LogP contribution < -0.4 is 10.6 Å². The third kappa shape index (κ3) is 7.68. The van der Waals surface area contributed by atoms with Gasteiger partial charge in [-0.1, -0.05) is 42.8 Å². The molecule has 2 aliphatic rings. The summed E-state index contributed by atoms with van der Waals surface area (Å²) in [6.45, 7) is 14.6. The number of piperidine rings is 1. The van der Waals surface area contributed by atoms with Gasteiger partial charge < -0.3 is 19.9 Å². The molecule has 2 saturated heterocycles. The summed E-state index contributed by atoms with van der Waals surface area (Å²) in [6, 6.07) is 12.2. The first-order valence-electron chi connectivity index (χ1n) is 14.7. The Kier molecular flexibility index (Phi) is 10.2. The first kappa shape index (κ1) is 29.2. The Hall–Kier alpha value is -2.74. The van der Waals surface area contributed by atoms with E-state index in [1.165, 1.54) is 0 Å². The number of likely N-dealkylation sites (tertiary alicyclic amines) is 1. The van der Waals surface area contributed by atoms with E-state index in [-0.39, 0.29) is 17.9 Å². The van der Waals surface area contributed by atoms with Crippen LogP contribution in [0.1, 0.15) is 54.4 Å². The molecule has 7 heteroatoms. The van der Waals surface area contributed by atoms with Crippen LogP contribution in [0.2, 0.25) is 0 Å². The zero-order valence-electron chi connectivity index (χ0n) is 24.4. The number of rotatable bonds is 10. The van der Waals surface area contributed by atoms with Gasteiger partial charge in [-0.25, -0.2) is 0 Å². The zero-order chi connectivity index (χ0) is 27.8. The fraction of sp³-hybridized carbons (Fsp3) is 0.562. The number of carbonyl (C=O) groups is 2. The van der Waals surface area contributed by atoms with E-state index < -0.39 is 0 Å². The second-order valence-corrected chi connectivity index (χ2v) is 11.6. The number of nitrogens with zero attached hydrogens (tertiary/aromatic N) is 2. The average molecular weight is 536 g/mol. The molecular weight excluding hydrogens is 488 g/mol. The molecule has 2 fully saturated rings. The average Bonchev–Trinajstić information content (AvgIpc) is 2.92. The number of para-hydroxylation sites is 2. The lowest BCUT2D eigenvalue weighted by Crippen LogP contribution is -2.58. The Morgan fingerprint density at radius 1 is 0.872 bits per heavy atom. The maximum Gasteiger partial charge on any atom is 0.279 e. The molecule has 1 atom stereocenters. The highest BCUT2D eigenvalue weighted by Crippen LogP contribution is 2.24. The molecule has 0 aliphatic carbocycles. The van der Waals surface area contributed by atoms with Crippen LogP contribution in [-0.4, -0.2) is 79.7 Å². The lowest BCUT2D eigenvalue weighted by atomic mass is 10.00. The number of amides is 2. The van der Waals surface area contributed by atoms with E-state index in [1.54, 1.807) is 0 Å². The maximum absolute atomic E-state index is 13.3. The lowest BCUT2D eigenvalue weighted by Gasteiger charge is -2.41. The van der Waals surface area contributed by atoms with E-state index >= 15 is 0 Å². The molecule has 7 nitrogen and oxygen atoms in total. The molecule has 4 rings (SSSR count). The fourth-order valence-corrected chi connectivity index (χ4v) is 6.22. The first-order chi connectivity index (χ1) is 18.8. The van der Waals surface area contributed by atoms with Crippen LogP contribution in [0.5, 0.6) is 0 Å². The number of ether oxygens (including phenoxy) is 1. The van der Waals surface area contributed by atoms with Crippen molar-refractivity contribution in [3.8, 4) is 0 Å². The molecule has 39 heavy (non-hydrogen) atoms. The van der Waals surface area contributed by atoms with Crippen molar-refractivity contribution in [2.75, 3.05) is 63.1 Å². The standard InChI is InChI=1S/C32H46N4O3/c1-24-11-9-12-25(2)30(24)33-29(37)23-36(19-21-39-22-20-36)18-8-7-17-35-16-6-5-15-28(35)32(38)34-31-26(3)13-10-14-27(31)4/h9-14,28H,5-8,15-23H2,1-4H3,(H-,33,34,37,38)/p+1. The monoisotopic (exact) mass is 535 g/mol. The number of carbonyl (C=O) groups excluding carboxylic acids is 2. The summed E-state index contributed by atoms with van der Waals surface area (Å²) in [5.74, 6) is 0.195. The second-order valence-electron chi connectivity index (χ2n) is 11.6. The summed E-state index contributed by atoms with van der Waals surface area (Å²) in [5.41, 5.74) is 6.28. The van der Waals surface area contributed by atoms with Gasteiger partial charge in [0.1, 0.15) is 13.1 Å². The van der Waals surface area contributed by atoms with E-state index in [0.717, 1.165) is 103 Å². The third-order valence-corrected chi connectivity index (χ3v) is 8.62. The number of benzene rings is 2. The van der Waals surface area contributed by atoms with Gasteiger partial charge in [-0.05, 0) is 88.7 Å². The van der Waals surface area contributed by atoms with Crippen molar-refractivity contribution in [3.63, 3.8) is 0 Å². The molecule has 2 heterocycles. The summed E-state index contributed by atoms with van der Waals surface area (Å²) in [7, 11) is 0. The molecular formula is C32H47N4O3+. The summed E-state index contributed by atoms with van der Waals surface area (Å²) in [4.78, 5) is 28.9. The van der Waals surface area contributed by atoms with Crippen molar-refractivity contribution < 1.29 is 18.8 Å². The Balaban J connectivity index is 1.32. The fourth-order valence-electron chi connectivity index (χ4n) is 6.22. The van der Waals surface area contributed by atoms with Crippen molar-refractivity contribution in [2.24, 2.45) is 0 Å². The van der Waals surface area contributed by atoms with Crippen LogP contribution in [0, 0.1) is 27.7 Å². The van der Waals surface area contributed by atoms with Crippen molar-refractivity contribution in [3.05, 3.63) is 58.7 Å². The summed E-state index contributed by atoms with van der Waals surface area (Å²) >= 11 is 0. The van der Waals surface area contributed by atoms with Crippen LogP contribution in [0.15, 0.2) is 36.4 Å². The van der Waals surface area contributed by atoms with Gasteiger partial charge in [-0.3, -0.25) is 14.5 Å². The number of aryl methyl sites for hydroxylation is 4. The molecule has 2 aliphatic heterocycles. The minimum atomic E-state index is -0.0765. The summed E-state index contributed by atoms with van der Waals surface area (Å²) < 4.78 is 6.44. The van der Waals surface area contributed by atoms with Gasteiger partial charge in [0.2, 0.25) is 5.91 Å². The number of nitrogens with one attached hydrogen (secondary N) is 2. The molecule has 212 valence electrons. The SMILES string of the molecule is Cc1cccc(C)c1NC(=O)C[N+]1(CCCCN2CCCCC2C(=O)Nc2c(C)cccc2C)CCOCC1. The minimum absolute atomic E-state index is 0.0765. The van der Waals surface area contributed by atoms with E-state index in [4.69, 9.17) is 4.74 Å². The predicted octanol–water partition coefficient (Wildman–Crippen LogP) is 4.98. The summed E-state index contributed by atoms with van der Waals surface area (Å²) in [5, 5.41) is 6.42. The topological polar surface area (TPSA) is 70.7 Å². The van der Waals surface area contributed by atoms with Gasteiger partial charge in [0.15, 0.2) is 6.54 Å². The normalized spacial score (nSPS) is 19.4. The van der Waals surface area contributed by atoms with Crippen LogP contribution in [0.3, 0.4) is 0 Å². The minimum Gasteiger partial charge on any atom is -0.370 e. The molecule has 0 spiro atoms. The number of hydrogen-bond donors (Lipinski definition) is 2. The van der Waals surface area contributed by atoms with E-state index in [2.05, 4.69) is 15.5 Å². The Morgan fingerprint density at radius 2 is 1.46 bits per heavy atom. The molecule has 2 amide bonds. The molecule has 0 saturated carbocycles. The molecule has 2 aromatic carbocycles. The van der Waals surface area contributed by atoms with Gasteiger partial charge in [0.25, 0.3) is 5.91 Å². The van der Waals surface area contributed by atoms with Crippen molar-refractivity contribution in [1.82, 2.24) is 4.90 Å². The quantitative estimate of drug-likeness (QED) is 0.333. The number of hydrogen-bond acceptors (Lipinski definition) is 4. The molecule has 2 N–H and O–H groups in total. The Bertz CT molecular complexity index is 1100. The summed E-state index contributed by atoms with van der Waals surface area (Å²) in [6.07, 6.45) is 5.19. The van der Waals surface area contributed by atoms with Crippen LogP contribution >= 0.6 is 0 Å². The molecule has 0 aromatic heterocycles. The van der Waals surface area contributed by atoms with E-state index in [1.807, 2.05) is 64.1 Å². The second kappa shape index (κ2) is 13.6. The van der Waals surface area contributed by atoms with E-state index in [9.17, 15) is 9.59 Å². The van der Waals surface area contributed by atoms with Crippen LogP contribution in [-0.2, 0) is 14.3 Å². The van der Waals surface area contributed by atoms with Crippen molar-refractivity contribution in [1.29, 1.82) is 0 Å². The lowest BCUT2D eigenvalue weighted by molar-refractivity contribution is -0.928. The van der Waals surface area contributed by atoms with Gasteiger partial charge >= 0.3 is 0 Å². The van der Waals surface area contributed by atoms with Crippen LogP contribution in [0.4, 0.5) is 11.4 Å². The molecule has 0 bridgehead atoms. The van der Waals surface area contributed by atoms with Crippen molar-refractivity contribution >= 4 is 23.2 Å². The highest BCUT2D eigenvalue weighted by molar-refractivity contribution is 5.96. The largest absolute Gasteiger partial charge is 0.370 e. The Morgan fingerprint density at radius 3 is 2.08 bits per heavy atom. The molecule has 2 aromatic rings. The number of unbranched alkanes of at least 4 members (excludes halogenated alkanes) is 1. The number of quaternary nitrogens is 1.